The molecule has 2 rings (SSSR count). The van der Waals surface area contributed by atoms with Crippen LogP contribution in [0.25, 0.3) is 5.65 Å². The van der Waals surface area contributed by atoms with Gasteiger partial charge in [-0.2, -0.15) is 19.6 Å². The lowest BCUT2D eigenvalue weighted by Gasteiger charge is -2.10. The Morgan fingerprint density at radius 1 is 1.43 bits per heavy atom. The van der Waals surface area contributed by atoms with Gasteiger partial charge in [-0.3, -0.25) is 0 Å². The average molecular weight is 398 g/mol. The Kier molecular flexibility index (Phi) is 5.02. The van der Waals surface area contributed by atoms with Crippen LogP contribution in [-0.4, -0.2) is 46.3 Å². The SMILES string of the molecule is CC(C)NS(=O)(=O)CCNc1nc(Cl)nc2c(Br)cnn12. The maximum atomic E-state index is 11.7. The molecule has 0 spiro atoms. The standard InChI is InChI=1S/C10H14BrClN6O2S/c1-6(2)17-21(19,20)4-3-13-10-16-9(12)15-8-7(11)5-14-18(8)10/h5-6,17H,3-4H2,1-2H3,(H,13,15,16). The van der Waals surface area contributed by atoms with Crippen molar-refractivity contribution < 1.29 is 8.42 Å². The molecule has 0 aliphatic carbocycles. The molecule has 0 aliphatic heterocycles. The molecule has 0 fully saturated rings. The largest absolute Gasteiger partial charge is 0.353 e. The highest BCUT2D eigenvalue weighted by molar-refractivity contribution is 9.10. The molecular formula is C10H14BrClN6O2S. The number of nitrogens with zero attached hydrogens (tertiary/aromatic N) is 4. The molecule has 2 aromatic heterocycles. The highest BCUT2D eigenvalue weighted by Crippen LogP contribution is 2.19. The van der Waals surface area contributed by atoms with E-state index in [9.17, 15) is 8.42 Å². The van der Waals surface area contributed by atoms with Crippen molar-refractivity contribution in [3.8, 4) is 0 Å². The maximum absolute atomic E-state index is 11.7. The summed E-state index contributed by atoms with van der Waals surface area (Å²) in [5, 5.41) is 7.03. The van der Waals surface area contributed by atoms with Crippen LogP contribution in [0.1, 0.15) is 13.8 Å². The minimum Gasteiger partial charge on any atom is -0.353 e. The molecule has 2 N–H and O–H groups in total. The van der Waals surface area contributed by atoms with E-state index in [1.807, 2.05) is 0 Å². The molecule has 0 unspecified atom stereocenters. The predicted molar refractivity (Wildman–Crippen MR) is 84.0 cm³/mol. The van der Waals surface area contributed by atoms with E-state index >= 15 is 0 Å². The minimum absolute atomic E-state index is 0.0503. The first-order valence-electron chi connectivity index (χ1n) is 6.09. The fraction of sp³-hybridized carbons (Fsp3) is 0.500. The van der Waals surface area contributed by atoms with Crippen molar-refractivity contribution in [1.82, 2.24) is 24.3 Å². The third-order valence-electron chi connectivity index (χ3n) is 2.37. The number of sulfonamides is 1. The number of fused-ring (bicyclic) bond motifs is 1. The molecule has 0 saturated heterocycles. The third-order valence-corrected chi connectivity index (χ3v) is 4.67. The summed E-state index contributed by atoms with van der Waals surface area (Å²) in [6.07, 6.45) is 1.56. The Morgan fingerprint density at radius 3 is 2.81 bits per heavy atom. The fourth-order valence-electron chi connectivity index (χ4n) is 1.65. The Balaban J connectivity index is 2.11. The Labute approximate surface area is 135 Å². The van der Waals surface area contributed by atoms with Crippen molar-refractivity contribution in [3.05, 3.63) is 16.0 Å². The Morgan fingerprint density at radius 2 is 2.14 bits per heavy atom. The summed E-state index contributed by atoms with van der Waals surface area (Å²) in [6.45, 7) is 3.70. The van der Waals surface area contributed by atoms with Crippen molar-refractivity contribution in [2.75, 3.05) is 17.6 Å². The lowest BCUT2D eigenvalue weighted by Crippen LogP contribution is -2.34. The second kappa shape index (κ2) is 6.42. The van der Waals surface area contributed by atoms with Crippen LogP contribution in [0.2, 0.25) is 5.28 Å². The Hall–Kier alpha value is -0.970. The van der Waals surface area contributed by atoms with Gasteiger partial charge in [0.25, 0.3) is 0 Å². The van der Waals surface area contributed by atoms with Crippen LogP contribution in [0.4, 0.5) is 5.95 Å². The molecule has 0 amide bonds. The zero-order chi connectivity index (χ0) is 15.6. The van der Waals surface area contributed by atoms with Gasteiger partial charge in [-0.1, -0.05) is 0 Å². The maximum Gasteiger partial charge on any atom is 0.228 e. The zero-order valence-electron chi connectivity index (χ0n) is 11.3. The van der Waals surface area contributed by atoms with E-state index in [2.05, 4.69) is 41.0 Å². The summed E-state index contributed by atoms with van der Waals surface area (Å²) in [7, 11) is -3.34. The molecule has 8 nitrogen and oxygen atoms in total. The average Bonchev–Trinajstić information content (AvgIpc) is 2.69. The lowest BCUT2D eigenvalue weighted by molar-refractivity contribution is 0.570. The van der Waals surface area contributed by atoms with E-state index in [0.717, 1.165) is 0 Å². The predicted octanol–water partition coefficient (Wildman–Crippen LogP) is 1.28. The molecule has 21 heavy (non-hydrogen) atoms. The van der Waals surface area contributed by atoms with Crippen LogP contribution in [-0.2, 0) is 10.0 Å². The third kappa shape index (κ3) is 4.25. The quantitative estimate of drug-likeness (QED) is 0.761. The van der Waals surface area contributed by atoms with Gasteiger partial charge in [0.2, 0.25) is 21.3 Å². The molecule has 11 heteroatoms. The van der Waals surface area contributed by atoms with Gasteiger partial charge in [-0.05, 0) is 41.4 Å². The van der Waals surface area contributed by atoms with Crippen LogP contribution in [0, 0.1) is 0 Å². The van der Waals surface area contributed by atoms with Gasteiger partial charge in [-0.15, -0.1) is 0 Å². The lowest BCUT2D eigenvalue weighted by atomic mass is 10.4. The fourth-order valence-corrected chi connectivity index (χ4v) is 3.37. The summed E-state index contributed by atoms with van der Waals surface area (Å²) in [5.74, 6) is 0.243. The van der Waals surface area contributed by atoms with Crippen molar-refractivity contribution >= 4 is 49.1 Å². The highest BCUT2D eigenvalue weighted by atomic mass is 79.9. The van der Waals surface area contributed by atoms with Gasteiger partial charge in [-0.25, -0.2) is 13.1 Å². The normalized spacial score (nSPS) is 12.2. The summed E-state index contributed by atoms with van der Waals surface area (Å²) in [5.41, 5.74) is 0.501. The van der Waals surface area contributed by atoms with E-state index in [1.165, 1.54) is 4.52 Å². The molecule has 2 aromatic rings. The number of hydrogen-bond acceptors (Lipinski definition) is 6. The second-order valence-corrected chi connectivity index (χ2v) is 7.63. The van der Waals surface area contributed by atoms with Crippen LogP contribution < -0.4 is 10.0 Å². The number of hydrogen-bond donors (Lipinski definition) is 2. The van der Waals surface area contributed by atoms with Gasteiger partial charge in [0.05, 0.1) is 16.4 Å². The van der Waals surface area contributed by atoms with Crippen LogP contribution >= 0.6 is 27.5 Å². The molecule has 0 aromatic carbocycles. The number of aromatic nitrogens is 4. The molecule has 0 saturated carbocycles. The van der Waals surface area contributed by atoms with Crippen LogP contribution in [0.3, 0.4) is 0 Å². The number of rotatable bonds is 6. The minimum atomic E-state index is -3.34. The van der Waals surface area contributed by atoms with E-state index in [0.29, 0.717) is 16.1 Å². The first kappa shape index (κ1) is 16.4. The highest BCUT2D eigenvalue weighted by Gasteiger charge is 2.14. The molecular weight excluding hydrogens is 384 g/mol. The first-order chi connectivity index (χ1) is 9.78. The van der Waals surface area contributed by atoms with Crippen LogP contribution in [0.5, 0.6) is 0 Å². The van der Waals surface area contributed by atoms with E-state index in [-0.39, 0.29) is 23.6 Å². The number of halogens is 2. The topological polar surface area (TPSA) is 101 Å². The molecule has 2 heterocycles. The molecule has 0 radical (unpaired) electrons. The number of anilines is 1. The molecule has 116 valence electrons. The van der Waals surface area contributed by atoms with E-state index in [1.54, 1.807) is 20.0 Å². The summed E-state index contributed by atoms with van der Waals surface area (Å²) in [6, 6.07) is -0.141. The van der Waals surface area contributed by atoms with Crippen molar-refractivity contribution in [3.63, 3.8) is 0 Å². The Bertz CT molecular complexity index is 747. The van der Waals surface area contributed by atoms with Crippen LogP contribution in [0.15, 0.2) is 10.7 Å². The van der Waals surface area contributed by atoms with E-state index in [4.69, 9.17) is 11.6 Å². The molecule has 0 aliphatic rings. The smallest absolute Gasteiger partial charge is 0.228 e. The van der Waals surface area contributed by atoms with E-state index < -0.39 is 10.0 Å². The summed E-state index contributed by atoms with van der Waals surface area (Å²) < 4.78 is 28.1. The number of nitrogens with one attached hydrogen (secondary N) is 2. The van der Waals surface area contributed by atoms with Gasteiger partial charge in [0.1, 0.15) is 0 Å². The molecule has 0 bridgehead atoms. The molecule has 0 atom stereocenters. The first-order valence-corrected chi connectivity index (χ1v) is 8.91. The summed E-state index contributed by atoms with van der Waals surface area (Å²) >= 11 is 9.13. The van der Waals surface area contributed by atoms with Crippen molar-refractivity contribution in [2.45, 2.75) is 19.9 Å². The zero-order valence-corrected chi connectivity index (χ0v) is 14.5. The van der Waals surface area contributed by atoms with Gasteiger partial charge in [0, 0.05) is 12.6 Å². The van der Waals surface area contributed by atoms with Crippen molar-refractivity contribution in [2.24, 2.45) is 0 Å². The van der Waals surface area contributed by atoms with Gasteiger partial charge < -0.3 is 5.32 Å². The monoisotopic (exact) mass is 396 g/mol. The van der Waals surface area contributed by atoms with Crippen molar-refractivity contribution in [1.29, 1.82) is 0 Å². The van der Waals surface area contributed by atoms with Gasteiger partial charge >= 0.3 is 0 Å². The second-order valence-electron chi connectivity index (χ2n) is 4.56. The summed E-state index contributed by atoms with van der Waals surface area (Å²) in [4.78, 5) is 8.03. The van der Waals surface area contributed by atoms with Gasteiger partial charge in [0.15, 0.2) is 5.65 Å².